The normalized spacial score (nSPS) is 26.6. The molecule has 1 unspecified atom stereocenters. The van der Waals surface area contributed by atoms with Crippen molar-refractivity contribution in [1.29, 1.82) is 0 Å². The van der Waals surface area contributed by atoms with Gasteiger partial charge in [-0.2, -0.15) is 0 Å². The van der Waals surface area contributed by atoms with E-state index in [4.69, 9.17) is 4.98 Å². The largest absolute Gasteiger partial charge is 0.389 e. The van der Waals surface area contributed by atoms with E-state index in [0.29, 0.717) is 16.9 Å². The van der Waals surface area contributed by atoms with Crippen molar-refractivity contribution in [3.8, 4) is 0 Å². The van der Waals surface area contributed by atoms with Crippen LogP contribution in [0, 0.1) is 11.6 Å². The third kappa shape index (κ3) is 2.18. The Kier molecular flexibility index (Phi) is 3.42. The summed E-state index contributed by atoms with van der Waals surface area (Å²) in [6, 6.07) is 9.05. The maximum absolute atomic E-state index is 13.9. The van der Waals surface area contributed by atoms with Crippen LogP contribution in [0.15, 0.2) is 41.2 Å². The number of hydrogen-bond acceptors (Lipinski definition) is 3. The van der Waals surface area contributed by atoms with Gasteiger partial charge in [0.05, 0.1) is 17.0 Å². The summed E-state index contributed by atoms with van der Waals surface area (Å²) in [4.78, 5) is 17.6. The van der Waals surface area contributed by atoms with E-state index in [9.17, 15) is 18.7 Å². The lowest BCUT2D eigenvalue weighted by molar-refractivity contribution is -0.0777. The van der Waals surface area contributed by atoms with Crippen molar-refractivity contribution in [2.75, 3.05) is 0 Å². The zero-order valence-electron chi connectivity index (χ0n) is 15.7. The highest BCUT2D eigenvalue weighted by Gasteiger charge is 2.70. The summed E-state index contributed by atoms with van der Waals surface area (Å²) >= 11 is 0. The Labute approximate surface area is 160 Å². The number of halogens is 2. The van der Waals surface area contributed by atoms with Crippen molar-refractivity contribution in [2.24, 2.45) is 7.05 Å². The van der Waals surface area contributed by atoms with Crippen LogP contribution in [0.25, 0.3) is 10.9 Å². The second-order valence-electron chi connectivity index (χ2n) is 8.46. The Bertz CT molecular complexity index is 1160. The van der Waals surface area contributed by atoms with Gasteiger partial charge in [0.2, 0.25) is 0 Å². The van der Waals surface area contributed by atoms with Crippen LogP contribution in [0.1, 0.15) is 49.2 Å². The summed E-state index contributed by atoms with van der Waals surface area (Å²) in [5.74, 6) is -0.125. The first-order valence-electron chi connectivity index (χ1n) is 9.40. The minimum absolute atomic E-state index is 0.0241. The number of hydrogen-bond donors (Lipinski definition) is 1. The van der Waals surface area contributed by atoms with Crippen molar-refractivity contribution in [3.05, 3.63) is 75.3 Å². The highest BCUT2D eigenvalue weighted by molar-refractivity contribution is 5.81. The molecular formula is C22H20F2N2O2. The van der Waals surface area contributed by atoms with Gasteiger partial charge in [-0.05, 0) is 61.4 Å². The molecule has 0 aliphatic heterocycles. The van der Waals surface area contributed by atoms with E-state index < -0.39 is 11.9 Å². The van der Waals surface area contributed by atoms with Crippen molar-refractivity contribution < 1.29 is 13.9 Å². The van der Waals surface area contributed by atoms with Gasteiger partial charge in [0, 0.05) is 18.0 Å². The molecule has 0 radical (unpaired) electrons. The van der Waals surface area contributed by atoms with Gasteiger partial charge in [0.25, 0.3) is 5.56 Å². The molecule has 1 N–H and O–H groups in total. The molecule has 4 nitrogen and oxygen atoms in total. The molecule has 3 aromatic rings. The third-order valence-electron chi connectivity index (χ3n) is 6.59. The quantitative estimate of drug-likeness (QED) is 0.753. The second-order valence-corrected chi connectivity index (χ2v) is 8.46. The average molecular weight is 382 g/mol. The first kappa shape index (κ1) is 17.5. The summed E-state index contributed by atoms with van der Waals surface area (Å²) in [5.41, 5.74) is 1.34. The van der Waals surface area contributed by atoms with Crippen LogP contribution >= 0.6 is 0 Å². The Morgan fingerprint density at radius 3 is 2.32 bits per heavy atom. The number of fused-ring (bicyclic) bond motifs is 1. The van der Waals surface area contributed by atoms with Crippen LogP contribution in [0.3, 0.4) is 0 Å². The smallest absolute Gasteiger partial charge is 0.261 e. The Morgan fingerprint density at radius 1 is 1.07 bits per heavy atom. The molecule has 144 valence electrons. The molecule has 0 saturated heterocycles. The minimum atomic E-state index is -0.927. The fraction of sp³-hybridized carbons (Fsp3) is 0.364. The molecule has 3 fully saturated rings. The number of aliphatic hydroxyl groups is 1. The molecule has 28 heavy (non-hydrogen) atoms. The van der Waals surface area contributed by atoms with E-state index in [2.05, 4.69) is 0 Å². The van der Waals surface area contributed by atoms with Crippen LogP contribution in [-0.4, -0.2) is 14.7 Å². The molecule has 6 heteroatoms. The zero-order chi connectivity index (χ0) is 19.8. The zero-order valence-corrected chi connectivity index (χ0v) is 15.7. The van der Waals surface area contributed by atoms with Gasteiger partial charge in [-0.1, -0.05) is 12.1 Å². The fourth-order valence-electron chi connectivity index (χ4n) is 5.29. The van der Waals surface area contributed by atoms with Crippen molar-refractivity contribution in [1.82, 2.24) is 9.55 Å². The molecule has 3 aliphatic rings. The monoisotopic (exact) mass is 382 g/mol. The van der Waals surface area contributed by atoms with Crippen LogP contribution in [-0.2, 0) is 17.9 Å². The Hall–Kier alpha value is -2.60. The lowest BCUT2D eigenvalue weighted by Gasteiger charge is -2.70. The van der Waals surface area contributed by atoms with E-state index in [0.717, 1.165) is 24.8 Å². The van der Waals surface area contributed by atoms with Gasteiger partial charge in [0.1, 0.15) is 17.5 Å². The summed E-state index contributed by atoms with van der Waals surface area (Å²) in [6.07, 6.45) is 1.62. The molecule has 0 spiro atoms. The summed E-state index contributed by atoms with van der Waals surface area (Å²) in [6.45, 7) is 1.54. The van der Waals surface area contributed by atoms with E-state index >= 15 is 0 Å². The minimum Gasteiger partial charge on any atom is -0.389 e. The first-order valence-corrected chi connectivity index (χ1v) is 9.40. The number of nitrogens with zero attached hydrogens (tertiary/aromatic N) is 2. The van der Waals surface area contributed by atoms with Crippen LogP contribution in [0.2, 0.25) is 0 Å². The van der Waals surface area contributed by atoms with Crippen molar-refractivity contribution >= 4 is 10.9 Å². The number of rotatable bonds is 3. The number of aromatic nitrogens is 2. The summed E-state index contributed by atoms with van der Waals surface area (Å²) in [7, 11) is 1.67. The van der Waals surface area contributed by atoms with Crippen LogP contribution in [0.4, 0.5) is 8.78 Å². The van der Waals surface area contributed by atoms with Gasteiger partial charge < -0.3 is 5.11 Å². The average Bonchev–Trinajstić information content (AvgIpc) is 2.58. The van der Waals surface area contributed by atoms with Crippen molar-refractivity contribution in [2.45, 2.75) is 43.1 Å². The highest BCUT2D eigenvalue weighted by Crippen LogP contribution is 2.73. The predicted molar refractivity (Wildman–Crippen MR) is 101 cm³/mol. The third-order valence-corrected chi connectivity index (χ3v) is 6.59. The summed E-state index contributed by atoms with van der Waals surface area (Å²) in [5, 5.41) is 10.2. The van der Waals surface area contributed by atoms with Gasteiger partial charge in [0.15, 0.2) is 0 Å². The van der Waals surface area contributed by atoms with E-state index in [1.807, 2.05) is 12.1 Å². The maximum Gasteiger partial charge on any atom is 0.261 e. The number of aliphatic hydroxyl groups excluding tert-OH is 1. The maximum atomic E-state index is 13.9. The van der Waals surface area contributed by atoms with Gasteiger partial charge in [-0.25, -0.2) is 13.8 Å². The SMILES string of the molecule is CC(O)c1cc(F)cc2c(=O)n(C)c(C34CC(c5ccc(F)cc5)(C3)C4)nc12. The molecule has 1 atom stereocenters. The molecule has 2 bridgehead atoms. The highest BCUT2D eigenvalue weighted by atomic mass is 19.1. The van der Waals surface area contributed by atoms with Crippen LogP contribution in [0.5, 0.6) is 0 Å². The molecule has 1 heterocycles. The van der Waals surface area contributed by atoms with Crippen molar-refractivity contribution in [3.63, 3.8) is 0 Å². The Morgan fingerprint density at radius 2 is 1.71 bits per heavy atom. The van der Waals surface area contributed by atoms with Gasteiger partial charge in [-0.15, -0.1) is 0 Å². The molecule has 3 saturated carbocycles. The van der Waals surface area contributed by atoms with E-state index in [1.54, 1.807) is 7.05 Å². The molecule has 3 aliphatic carbocycles. The van der Waals surface area contributed by atoms with Gasteiger partial charge in [-0.3, -0.25) is 9.36 Å². The molecule has 1 aromatic heterocycles. The molecular weight excluding hydrogens is 362 g/mol. The summed E-state index contributed by atoms with van der Waals surface area (Å²) < 4.78 is 28.7. The fourth-order valence-corrected chi connectivity index (χ4v) is 5.29. The van der Waals surface area contributed by atoms with Gasteiger partial charge >= 0.3 is 0 Å². The Balaban J connectivity index is 1.59. The molecule has 2 aromatic carbocycles. The van der Waals surface area contributed by atoms with E-state index in [-0.39, 0.29) is 27.6 Å². The second kappa shape index (κ2) is 5.47. The lowest BCUT2D eigenvalue weighted by Crippen LogP contribution is -2.68. The molecule has 6 rings (SSSR count). The predicted octanol–water partition coefficient (Wildman–Crippen LogP) is 3.64. The standard InChI is InChI=1S/C22H20F2N2O2/c1-12(27)16-7-15(24)8-17-18(16)25-20(26(2)19(17)28)22-9-21(10-22,11-22)13-3-5-14(23)6-4-13/h3-8,12,27H,9-11H2,1-2H3. The topological polar surface area (TPSA) is 55.1 Å². The number of benzene rings is 2. The first-order chi connectivity index (χ1) is 13.2. The lowest BCUT2D eigenvalue weighted by atomic mass is 9.33. The molecule has 0 amide bonds. The van der Waals surface area contributed by atoms with E-state index in [1.165, 1.54) is 35.8 Å². The van der Waals surface area contributed by atoms with Crippen LogP contribution < -0.4 is 5.56 Å².